The van der Waals surface area contributed by atoms with Gasteiger partial charge in [-0.05, 0) is 64.3 Å². The van der Waals surface area contributed by atoms with Gasteiger partial charge in [0.15, 0.2) is 11.4 Å². The zero-order valence-corrected chi connectivity index (χ0v) is 24.6. The van der Waals surface area contributed by atoms with Gasteiger partial charge in [0.05, 0.1) is 40.0 Å². The number of aromatic nitrogens is 1. The van der Waals surface area contributed by atoms with E-state index in [2.05, 4.69) is 15.9 Å². The van der Waals surface area contributed by atoms with Crippen LogP contribution in [0, 0.1) is 11.3 Å². The van der Waals surface area contributed by atoms with Crippen LogP contribution in [-0.2, 0) is 9.53 Å². The third-order valence-corrected chi connectivity index (χ3v) is 7.95. The van der Waals surface area contributed by atoms with Gasteiger partial charge in [0.1, 0.15) is 17.6 Å². The molecule has 5 rings (SSSR count). The summed E-state index contributed by atoms with van der Waals surface area (Å²) in [5.41, 5.74) is 2.66. The monoisotopic (exact) mass is 629 g/mol. The van der Waals surface area contributed by atoms with Gasteiger partial charge in [-0.1, -0.05) is 59.9 Å². The molecule has 1 aliphatic heterocycles. The van der Waals surface area contributed by atoms with Gasteiger partial charge in [0, 0.05) is 5.56 Å². The van der Waals surface area contributed by atoms with Crippen molar-refractivity contribution in [3.8, 4) is 17.6 Å². The molecule has 1 atom stereocenters. The highest BCUT2D eigenvalue weighted by molar-refractivity contribution is 9.10. The van der Waals surface area contributed by atoms with E-state index in [9.17, 15) is 9.59 Å². The molecule has 0 radical (unpaired) electrons. The van der Waals surface area contributed by atoms with Crippen molar-refractivity contribution < 1.29 is 19.0 Å². The van der Waals surface area contributed by atoms with Crippen LogP contribution in [0.15, 0.2) is 92.6 Å². The van der Waals surface area contributed by atoms with Gasteiger partial charge in [0.25, 0.3) is 5.56 Å². The minimum Gasteiger partial charge on any atom is -0.497 e. The second-order valence-corrected chi connectivity index (χ2v) is 10.7. The van der Waals surface area contributed by atoms with Crippen molar-refractivity contribution in [3.05, 3.63) is 119 Å². The molecule has 0 N–H and O–H groups in total. The molecule has 10 heteroatoms. The van der Waals surface area contributed by atoms with E-state index >= 15 is 0 Å². The first-order valence-corrected chi connectivity index (χ1v) is 14.3. The predicted octanol–water partition coefficient (Wildman–Crippen LogP) is 4.61. The molecule has 0 aliphatic carbocycles. The lowest BCUT2D eigenvalue weighted by Gasteiger charge is -2.26. The van der Waals surface area contributed by atoms with Crippen LogP contribution < -0.4 is 24.4 Å². The summed E-state index contributed by atoms with van der Waals surface area (Å²) in [5, 5.41) is 8.80. The van der Waals surface area contributed by atoms with E-state index in [1.807, 2.05) is 54.6 Å². The fourth-order valence-corrected chi connectivity index (χ4v) is 6.04. The number of ether oxygens (including phenoxy) is 3. The maximum absolute atomic E-state index is 14.0. The van der Waals surface area contributed by atoms with Gasteiger partial charge >= 0.3 is 5.97 Å². The normalized spacial score (nSPS) is 14.6. The van der Waals surface area contributed by atoms with Crippen LogP contribution in [-0.4, -0.2) is 30.9 Å². The molecule has 0 saturated carbocycles. The maximum atomic E-state index is 14.0. The fourth-order valence-electron chi connectivity index (χ4n) is 4.53. The van der Waals surface area contributed by atoms with Gasteiger partial charge in [0.2, 0.25) is 0 Å². The van der Waals surface area contributed by atoms with Gasteiger partial charge < -0.3 is 14.2 Å². The topological polar surface area (TPSA) is 103 Å². The number of rotatable bonds is 8. The summed E-state index contributed by atoms with van der Waals surface area (Å²) in [7, 11) is 1.58. The number of benzene rings is 3. The quantitative estimate of drug-likeness (QED) is 0.264. The molecule has 0 saturated heterocycles. The van der Waals surface area contributed by atoms with Crippen molar-refractivity contribution in [2.45, 2.75) is 13.0 Å². The van der Waals surface area contributed by atoms with Crippen molar-refractivity contribution in [3.63, 3.8) is 0 Å². The Hall–Kier alpha value is -4.46. The standard InChI is InChI=1S/C31H24BrN3O5S/c1-3-39-30(37)26-27(20-7-5-4-6-8-20)34-31-35(28(26)21-10-12-22(38-2)13-11-21)29(36)25(41-31)18-19-9-14-24(23(32)17-19)40-16-15-33/h4-14,17-18,28H,3,16H2,1-2H3/b25-18-/t28-/m1/s1. The summed E-state index contributed by atoms with van der Waals surface area (Å²) in [6.07, 6.45) is 1.77. The molecule has 0 spiro atoms. The Morgan fingerprint density at radius 3 is 2.56 bits per heavy atom. The number of methoxy groups -OCH3 is 1. The smallest absolute Gasteiger partial charge is 0.338 e. The number of carbonyl (C=O) groups excluding carboxylic acids is 1. The molecule has 0 amide bonds. The maximum Gasteiger partial charge on any atom is 0.338 e. The number of hydrogen-bond donors (Lipinski definition) is 0. The van der Waals surface area contributed by atoms with Crippen LogP contribution in [0.3, 0.4) is 0 Å². The number of fused-ring (bicyclic) bond motifs is 1. The number of halogens is 1. The number of esters is 1. The summed E-state index contributed by atoms with van der Waals surface area (Å²) in [6, 6.07) is 23.2. The van der Waals surface area contributed by atoms with Crippen LogP contribution in [0.25, 0.3) is 11.8 Å². The average Bonchev–Trinajstić information content (AvgIpc) is 3.30. The largest absolute Gasteiger partial charge is 0.497 e. The number of carbonyl (C=O) groups is 1. The van der Waals surface area contributed by atoms with Crippen molar-refractivity contribution >= 4 is 45.0 Å². The Morgan fingerprint density at radius 1 is 1.15 bits per heavy atom. The summed E-state index contributed by atoms with van der Waals surface area (Å²) in [5.74, 6) is 0.636. The lowest BCUT2D eigenvalue weighted by molar-refractivity contribution is -0.138. The van der Waals surface area contributed by atoms with Gasteiger partial charge in [-0.25, -0.2) is 9.79 Å². The molecule has 0 fully saturated rings. The molecule has 0 bridgehead atoms. The highest BCUT2D eigenvalue weighted by Gasteiger charge is 2.35. The first-order chi connectivity index (χ1) is 19.9. The van der Waals surface area contributed by atoms with Crippen molar-refractivity contribution in [2.24, 2.45) is 4.99 Å². The Kier molecular flexibility index (Phi) is 8.47. The second kappa shape index (κ2) is 12.4. The summed E-state index contributed by atoms with van der Waals surface area (Å²) in [6.45, 7) is 1.84. The lowest BCUT2D eigenvalue weighted by atomic mass is 9.93. The Labute approximate surface area is 248 Å². The van der Waals surface area contributed by atoms with E-state index in [1.165, 1.54) is 11.3 Å². The predicted molar refractivity (Wildman–Crippen MR) is 159 cm³/mol. The molecule has 3 aromatic carbocycles. The number of hydrogen-bond acceptors (Lipinski definition) is 8. The van der Waals surface area contributed by atoms with E-state index in [0.717, 1.165) is 11.1 Å². The number of nitrogens with zero attached hydrogens (tertiary/aromatic N) is 3. The summed E-state index contributed by atoms with van der Waals surface area (Å²) < 4.78 is 18.9. The molecule has 1 aliphatic rings. The van der Waals surface area contributed by atoms with E-state index < -0.39 is 12.0 Å². The molecular weight excluding hydrogens is 606 g/mol. The van der Waals surface area contributed by atoms with Crippen LogP contribution >= 0.6 is 27.3 Å². The van der Waals surface area contributed by atoms with E-state index in [0.29, 0.717) is 36.6 Å². The van der Waals surface area contributed by atoms with Crippen LogP contribution in [0.2, 0.25) is 0 Å². The first-order valence-electron chi connectivity index (χ1n) is 12.7. The number of nitriles is 1. The minimum atomic E-state index is -0.776. The zero-order valence-electron chi connectivity index (χ0n) is 22.2. The number of thiazole rings is 1. The molecule has 1 aromatic heterocycles. The van der Waals surface area contributed by atoms with E-state index in [4.69, 9.17) is 24.5 Å². The van der Waals surface area contributed by atoms with Gasteiger partial charge in [-0.15, -0.1) is 0 Å². The Bertz CT molecular complexity index is 1850. The fraction of sp³-hybridized carbons (Fsp3) is 0.161. The third kappa shape index (κ3) is 5.73. The molecule has 8 nitrogen and oxygen atoms in total. The van der Waals surface area contributed by atoms with Crippen molar-refractivity contribution in [1.82, 2.24) is 4.57 Å². The lowest BCUT2D eigenvalue weighted by Crippen LogP contribution is -2.40. The van der Waals surface area contributed by atoms with Crippen molar-refractivity contribution in [2.75, 3.05) is 20.3 Å². The van der Waals surface area contributed by atoms with Gasteiger partial charge in [-0.2, -0.15) is 5.26 Å². The van der Waals surface area contributed by atoms with Crippen molar-refractivity contribution in [1.29, 1.82) is 5.26 Å². The molecular formula is C31H24BrN3O5S. The average molecular weight is 631 g/mol. The SMILES string of the molecule is CCOC(=O)C1=C(c2ccccc2)N=c2s/c(=C\c3ccc(OCC#N)c(Br)c3)c(=O)n2[C@@H]1c1ccc(OC)cc1. The third-order valence-electron chi connectivity index (χ3n) is 6.35. The highest BCUT2D eigenvalue weighted by Crippen LogP contribution is 2.35. The van der Waals surface area contributed by atoms with Crippen LogP contribution in [0.1, 0.15) is 29.7 Å². The first kappa shape index (κ1) is 28.1. The molecule has 4 aromatic rings. The zero-order chi connectivity index (χ0) is 28.9. The highest BCUT2D eigenvalue weighted by atomic mass is 79.9. The van der Waals surface area contributed by atoms with Gasteiger partial charge in [-0.3, -0.25) is 9.36 Å². The molecule has 0 unspecified atom stereocenters. The van der Waals surface area contributed by atoms with E-state index in [-0.39, 0.29) is 24.3 Å². The molecule has 206 valence electrons. The Balaban J connectivity index is 1.74. The minimum absolute atomic E-state index is 0.0749. The molecule has 2 heterocycles. The summed E-state index contributed by atoms with van der Waals surface area (Å²) >= 11 is 4.71. The van der Waals surface area contributed by atoms with Crippen LogP contribution in [0.4, 0.5) is 0 Å². The second-order valence-electron chi connectivity index (χ2n) is 8.84. The Morgan fingerprint density at radius 2 is 1.90 bits per heavy atom. The summed E-state index contributed by atoms with van der Waals surface area (Å²) in [4.78, 5) is 32.8. The van der Waals surface area contributed by atoms with E-state index in [1.54, 1.807) is 48.9 Å². The molecule has 41 heavy (non-hydrogen) atoms. The van der Waals surface area contributed by atoms with Crippen LogP contribution in [0.5, 0.6) is 11.5 Å².